The number of aromatic nitrogens is 1. The van der Waals surface area contributed by atoms with Gasteiger partial charge in [-0.05, 0) is 49.6 Å². The van der Waals surface area contributed by atoms with Crippen molar-refractivity contribution in [2.75, 3.05) is 0 Å². The molecule has 1 heterocycles. The molecule has 2 N–H and O–H groups in total. The molecule has 0 fully saturated rings. The van der Waals surface area contributed by atoms with E-state index in [1.807, 2.05) is 32.9 Å². The average Bonchev–Trinajstić information content (AvgIpc) is 2.87. The molecular weight excluding hydrogens is 378 g/mol. The van der Waals surface area contributed by atoms with E-state index in [1.165, 1.54) is 16.7 Å². The Morgan fingerprint density at radius 2 is 1.68 bits per heavy atom. The number of halogens is 1. The van der Waals surface area contributed by atoms with Crippen LogP contribution < -0.4 is 0 Å². The fourth-order valence-corrected chi connectivity index (χ4v) is 3.83. The maximum atomic E-state index is 13.3. The minimum Gasteiger partial charge on any atom is -0.506 e. The van der Waals surface area contributed by atoms with E-state index >= 15 is 0 Å². The number of aliphatic carboxylic acids is 1. The first-order valence-corrected chi connectivity index (χ1v) is 9.38. The highest BCUT2D eigenvalue weighted by atomic mass is 35.5. The fraction of sp³-hybridized carbons (Fsp3) is 0.273. The van der Waals surface area contributed by atoms with Crippen LogP contribution in [-0.2, 0) is 4.79 Å². The molecule has 0 radical (unpaired) electrons. The Labute approximate surface area is 168 Å². The third-order valence-corrected chi connectivity index (χ3v) is 5.37. The SMILES string of the molecule is Cc1ccc(C(=O)n2c(C)c(C(C(=O)O)C(C)C)c3cc(O)c(Cl)cc32)cc1. The van der Waals surface area contributed by atoms with Gasteiger partial charge in [0.05, 0.1) is 16.5 Å². The van der Waals surface area contributed by atoms with E-state index in [2.05, 4.69) is 0 Å². The van der Waals surface area contributed by atoms with Crippen LogP contribution in [0.1, 0.15) is 46.9 Å². The van der Waals surface area contributed by atoms with E-state index in [0.29, 0.717) is 27.7 Å². The molecule has 28 heavy (non-hydrogen) atoms. The minimum absolute atomic E-state index is 0.103. The molecule has 2 aromatic carbocycles. The molecule has 3 aromatic rings. The van der Waals surface area contributed by atoms with E-state index in [-0.39, 0.29) is 22.6 Å². The van der Waals surface area contributed by atoms with Crippen molar-refractivity contribution in [2.45, 2.75) is 33.6 Å². The van der Waals surface area contributed by atoms with Gasteiger partial charge in [0.15, 0.2) is 0 Å². The molecule has 1 aromatic heterocycles. The largest absolute Gasteiger partial charge is 0.506 e. The smallest absolute Gasteiger partial charge is 0.311 e. The molecule has 0 aliphatic carbocycles. The number of benzene rings is 2. The van der Waals surface area contributed by atoms with Crippen molar-refractivity contribution in [1.29, 1.82) is 0 Å². The van der Waals surface area contributed by atoms with Gasteiger partial charge in [0.25, 0.3) is 5.91 Å². The van der Waals surface area contributed by atoms with Gasteiger partial charge in [-0.2, -0.15) is 0 Å². The molecule has 5 nitrogen and oxygen atoms in total. The standard InChI is InChI=1S/C22H22ClNO4/c1-11(2)19(22(27)28)20-13(4)24(17-10-16(23)18(25)9-15(17)20)21(26)14-7-5-12(3)6-8-14/h5-11,19,25H,1-4H3,(H,27,28). The van der Waals surface area contributed by atoms with Crippen LogP contribution in [0.5, 0.6) is 5.75 Å². The highest BCUT2D eigenvalue weighted by Gasteiger charge is 2.32. The summed E-state index contributed by atoms with van der Waals surface area (Å²) in [7, 11) is 0. The molecule has 0 spiro atoms. The van der Waals surface area contributed by atoms with E-state index in [9.17, 15) is 19.8 Å². The Morgan fingerprint density at radius 3 is 2.21 bits per heavy atom. The number of nitrogens with zero attached hydrogens (tertiary/aromatic N) is 1. The molecule has 3 rings (SSSR count). The Morgan fingerprint density at radius 1 is 1.07 bits per heavy atom. The van der Waals surface area contributed by atoms with Gasteiger partial charge in [-0.3, -0.25) is 14.2 Å². The Bertz CT molecular complexity index is 1080. The number of aromatic hydroxyl groups is 1. The Hall–Kier alpha value is -2.79. The van der Waals surface area contributed by atoms with Gasteiger partial charge in [-0.1, -0.05) is 43.1 Å². The number of hydrogen-bond acceptors (Lipinski definition) is 3. The van der Waals surface area contributed by atoms with Gasteiger partial charge in [0.2, 0.25) is 0 Å². The van der Waals surface area contributed by atoms with Crippen molar-refractivity contribution in [2.24, 2.45) is 5.92 Å². The molecule has 1 atom stereocenters. The number of carbonyl (C=O) groups excluding carboxylic acids is 1. The van der Waals surface area contributed by atoms with Crippen molar-refractivity contribution in [3.05, 3.63) is 63.8 Å². The van der Waals surface area contributed by atoms with E-state index in [4.69, 9.17) is 11.6 Å². The molecule has 0 saturated carbocycles. The molecular formula is C22H22ClNO4. The van der Waals surface area contributed by atoms with E-state index < -0.39 is 11.9 Å². The maximum absolute atomic E-state index is 13.3. The summed E-state index contributed by atoms with van der Waals surface area (Å²) in [6, 6.07) is 10.1. The van der Waals surface area contributed by atoms with Crippen molar-refractivity contribution >= 4 is 34.4 Å². The molecule has 0 aliphatic heterocycles. The van der Waals surface area contributed by atoms with E-state index in [1.54, 1.807) is 19.1 Å². The molecule has 0 amide bonds. The Kier molecular flexibility index (Phi) is 5.22. The van der Waals surface area contributed by atoms with Crippen molar-refractivity contribution in [1.82, 2.24) is 4.57 Å². The van der Waals surface area contributed by atoms with E-state index in [0.717, 1.165) is 5.56 Å². The zero-order chi connectivity index (χ0) is 20.7. The number of phenolic OH excluding ortho intramolecular Hbond substituents is 1. The second kappa shape index (κ2) is 7.32. The summed E-state index contributed by atoms with van der Waals surface area (Å²) < 4.78 is 1.49. The second-order valence-corrected chi connectivity index (χ2v) is 7.79. The van der Waals surface area contributed by atoms with Crippen molar-refractivity contribution in [3.8, 4) is 5.75 Å². The second-order valence-electron chi connectivity index (χ2n) is 7.39. The number of phenols is 1. The third-order valence-electron chi connectivity index (χ3n) is 5.07. The van der Waals surface area contributed by atoms with Crippen molar-refractivity contribution < 1.29 is 19.8 Å². The molecule has 146 valence electrons. The van der Waals surface area contributed by atoms with Crippen LogP contribution in [0.3, 0.4) is 0 Å². The lowest BCUT2D eigenvalue weighted by molar-refractivity contribution is -0.139. The number of carboxylic acid groups (broad SMARTS) is 1. The third kappa shape index (κ3) is 3.27. The fourth-order valence-electron chi connectivity index (χ4n) is 3.67. The highest BCUT2D eigenvalue weighted by molar-refractivity contribution is 6.33. The van der Waals surface area contributed by atoms with Gasteiger partial charge in [-0.25, -0.2) is 0 Å². The normalized spacial score (nSPS) is 12.5. The maximum Gasteiger partial charge on any atom is 0.311 e. The van der Waals surface area contributed by atoms with Crippen LogP contribution in [0.4, 0.5) is 0 Å². The van der Waals surface area contributed by atoms with Crippen molar-refractivity contribution in [3.63, 3.8) is 0 Å². The predicted octanol–water partition coefficient (Wildman–Crippen LogP) is 5.13. The minimum atomic E-state index is -0.977. The first-order chi connectivity index (χ1) is 13.1. The first kappa shape index (κ1) is 20.0. The van der Waals surface area contributed by atoms with Crippen LogP contribution >= 0.6 is 11.6 Å². The molecule has 0 bridgehead atoms. The van der Waals surface area contributed by atoms with Gasteiger partial charge in [-0.15, -0.1) is 0 Å². The number of carboxylic acids is 1. The summed E-state index contributed by atoms with van der Waals surface area (Å²) in [5, 5.41) is 20.5. The van der Waals surface area contributed by atoms with Crippen LogP contribution in [0.25, 0.3) is 10.9 Å². The lowest BCUT2D eigenvalue weighted by Gasteiger charge is -2.17. The number of hydrogen-bond donors (Lipinski definition) is 2. The summed E-state index contributed by atoms with van der Waals surface area (Å²) in [6.07, 6.45) is 0. The Balaban J connectivity index is 2.36. The molecule has 0 aliphatic rings. The van der Waals surface area contributed by atoms with Crippen LogP contribution in [0, 0.1) is 19.8 Å². The summed E-state index contributed by atoms with van der Waals surface area (Å²) in [6.45, 7) is 7.30. The monoisotopic (exact) mass is 399 g/mol. The molecule has 1 unspecified atom stereocenters. The molecule has 0 saturated heterocycles. The van der Waals surface area contributed by atoms with Crippen LogP contribution in [0.15, 0.2) is 36.4 Å². The average molecular weight is 400 g/mol. The van der Waals surface area contributed by atoms with Crippen LogP contribution in [0.2, 0.25) is 5.02 Å². The number of aryl methyl sites for hydroxylation is 1. The molecule has 6 heteroatoms. The quantitative estimate of drug-likeness (QED) is 0.637. The van der Waals surface area contributed by atoms with Gasteiger partial charge >= 0.3 is 5.97 Å². The zero-order valence-corrected chi connectivity index (χ0v) is 16.9. The highest BCUT2D eigenvalue weighted by Crippen LogP contribution is 2.40. The summed E-state index contributed by atoms with van der Waals surface area (Å²) >= 11 is 6.11. The van der Waals surface area contributed by atoms with Gasteiger partial charge < -0.3 is 10.2 Å². The number of carbonyl (C=O) groups is 2. The van der Waals surface area contributed by atoms with Gasteiger partial charge in [0.1, 0.15) is 5.75 Å². The summed E-state index contributed by atoms with van der Waals surface area (Å²) in [5.74, 6) is -2.43. The number of fused-ring (bicyclic) bond motifs is 1. The zero-order valence-electron chi connectivity index (χ0n) is 16.2. The summed E-state index contributed by atoms with van der Waals surface area (Å²) in [5.41, 5.74) is 3.05. The lowest BCUT2D eigenvalue weighted by atomic mass is 9.86. The first-order valence-electron chi connectivity index (χ1n) is 9.01. The summed E-state index contributed by atoms with van der Waals surface area (Å²) in [4.78, 5) is 25.3. The lowest BCUT2D eigenvalue weighted by Crippen LogP contribution is -2.19. The van der Waals surface area contributed by atoms with Crippen LogP contribution in [-0.4, -0.2) is 26.7 Å². The number of rotatable bonds is 4. The predicted molar refractivity (Wildman–Crippen MR) is 109 cm³/mol. The topological polar surface area (TPSA) is 79.5 Å². The van der Waals surface area contributed by atoms with Gasteiger partial charge in [0, 0.05) is 16.6 Å².